The molecular weight excluding hydrogens is 264 g/mol. The van der Waals surface area contributed by atoms with Crippen molar-refractivity contribution in [2.24, 2.45) is 0 Å². The van der Waals surface area contributed by atoms with E-state index in [4.69, 9.17) is 0 Å². The first-order valence-corrected chi connectivity index (χ1v) is 8.88. The van der Waals surface area contributed by atoms with Crippen LogP contribution in [0.3, 0.4) is 0 Å². The van der Waals surface area contributed by atoms with Crippen molar-refractivity contribution >= 4 is 11.8 Å². The molecule has 0 bridgehead atoms. The third-order valence-electron chi connectivity index (χ3n) is 3.90. The highest BCUT2D eigenvalue weighted by molar-refractivity contribution is 5.93. The number of carboxylic acid groups (broad SMARTS) is 1. The van der Waals surface area contributed by atoms with Gasteiger partial charge in [-0.1, -0.05) is 84.0 Å². The van der Waals surface area contributed by atoms with Crippen LogP contribution >= 0.6 is 0 Å². The number of rotatable bonds is 16. The molecule has 0 aromatic rings. The number of carboxylic acids is 1. The van der Waals surface area contributed by atoms with Crippen LogP contribution in [0, 0.1) is 0 Å². The Morgan fingerprint density at radius 1 is 0.667 bits per heavy atom. The van der Waals surface area contributed by atoms with E-state index in [1.807, 2.05) is 0 Å². The summed E-state index contributed by atoms with van der Waals surface area (Å²) in [5, 5.41) is 10.2. The highest BCUT2D eigenvalue weighted by atomic mass is 16.4. The van der Waals surface area contributed by atoms with Crippen LogP contribution in [0.1, 0.15) is 103 Å². The maximum atomic E-state index is 11.1. The molecule has 0 atom stereocenters. The second kappa shape index (κ2) is 15.5. The highest BCUT2D eigenvalue weighted by Gasteiger charge is 2.01. The molecule has 0 fully saturated rings. The Morgan fingerprint density at radius 3 is 1.43 bits per heavy atom. The number of aliphatic carboxylic acids is 1. The number of Topliss-reactive ketones (excluding diaryl/α,β-unsaturated/α-hetero) is 1. The number of hydrogen-bond donors (Lipinski definition) is 0. The van der Waals surface area contributed by atoms with E-state index >= 15 is 0 Å². The summed E-state index contributed by atoms with van der Waals surface area (Å²) in [5.41, 5.74) is 0. The predicted molar refractivity (Wildman–Crippen MR) is 84.9 cm³/mol. The third-order valence-corrected chi connectivity index (χ3v) is 3.90. The number of unbranched alkanes of at least 4 members (excludes halogenated alkanes) is 12. The van der Waals surface area contributed by atoms with Gasteiger partial charge in [-0.05, 0) is 6.42 Å². The number of hydrogen-bond acceptors (Lipinski definition) is 3. The van der Waals surface area contributed by atoms with E-state index < -0.39 is 12.4 Å². The van der Waals surface area contributed by atoms with Crippen LogP contribution in [-0.2, 0) is 9.59 Å². The Balaban J connectivity index is 3.09. The van der Waals surface area contributed by atoms with Gasteiger partial charge in [-0.25, -0.2) is 0 Å². The molecule has 0 aliphatic rings. The second-order valence-corrected chi connectivity index (χ2v) is 6.08. The summed E-state index contributed by atoms with van der Waals surface area (Å²) < 4.78 is 0. The van der Waals surface area contributed by atoms with Crippen LogP contribution in [0.25, 0.3) is 0 Å². The maximum Gasteiger partial charge on any atom is 0.138 e. The molecule has 0 N–H and O–H groups in total. The van der Waals surface area contributed by atoms with Gasteiger partial charge in [0.2, 0.25) is 0 Å². The zero-order chi connectivity index (χ0) is 15.8. The standard InChI is InChI=1S/C18H34O3/c1-2-3-4-5-6-7-8-9-10-11-12-13-14-15-17(19)16-18(20)21/h2-16H2,1H3,(H,20,21)/p-1. The van der Waals surface area contributed by atoms with Crippen LogP contribution in [0.15, 0.2) is 0 Å². The van der Waals surface area contributed by atoms with Crippen molar-refractivity contribution in [3.8, 4) is 0 Å². The quantitative estimate of drug-likeness (QED) is 0.317. The van der Waals surface area contributed by atoms with E-state index in [1.165, 1.54) is 64.2 Å². The molecule has 0 unspecified atom stereocenters. The van der Waals surface area contributed by atoms with Gasteiger partial charge in [0.25, 0.3) is 0 Å². The third kappa shape index (κ3) is 17.1. The summed E-state index contributed by atoms with van der Waals surface area (Å²) in [6.45, 7) is 2.25. The SMILES string of the molecule is CCCCCCCCCCCCCCCC(=O)CC(=O)[O-]. The topological polar surface area (TPSA) is 57.2 Å². The first-order valence-electron chi connectivity index (χ1n) is 8.88. The molecule has 3 heteroatoms. The number of carbonyl (C=O) groups is 2. The van der Waals surface area contributed by atoms with Gasteiger partial charge in [-0.3, -0.25) is 4.79 Å². The summed E-state index contributed by atoms with van der Waals surface area (Å²) >= 11 is 0. The minimum atomic E-state index is -1.25. The zero-order valence-electron chi connectivity index (χ0n) is 13.8. The first-order chi connectivity index (χ1) is 10.2. The molecule has 0 aliphatic carbocycles. The Labute approximate surface area is 130 Å². The Hall–Kier alpha value is -0.860. The van der Waals surface area contributed by atoms with E-state index in [1.54, 1.807) is 0 Å². The zero-order valence-corrected chi connectivity index (χ0v) is 13.8. The molecule has 0 saturated heterocycles. The van der Waals surface area contributed by atoms with Crippen molar-refractivity contribution < 1.29 is 14.7 Å². The lowest BCUT2D eigenvalue weighted by Gasteiger charge is -2.03. The fourth-order valence-corrected chi connectivity index (χ4v) is 2.59. The molecule has 124 valence electrons. The molecule has 0 radical (unpaired) electrons. The Kier molecular flexibility index (Phi) is 14.9. The summed E-state index contributed by atoms with van der Waals surface area (Å²) in [6.07, 6.45) is 16.5. The van der Waals surface area contributed by atoms with E-state index in [0.717, 1.165) is 19.3 Å². The van der Waals surface area contributed by atoms with Crippen molar-refractivity contribution in [2.75, 3.05) is 0 Å². The van der Waals surface area contributed by atoms with Gasteiger partial charge >= 0.3 is 0 Å². The van der Waals surface area contributed by atoms with Gasteiger partial charge in [-0.15, -0.1) is 0 Å². The van der Waals surface area contributed by atoms with Gasteiger partial charge in [0, 0.05) is 18.8 Å². The van der Waals surface area contributed by atoms with Crippen LogP contribution < -0.4 is 5.11 Å². The van der Waals surface area contributed by atoms with Gasteiger partial charge in [-0.2, -0.15) is 0 Å². The van der Waals surface area contributed by atoms with Crippen molar-refractivity contribution in [2.45, 2.75) is 103 Å². The predicted octanol–water partition coefficient (Wildman–Crippen LogP) is 4.18. The highest BCUT2D eigenvalue weighted by Crippen LogP contribution is 2.13. The lowest BCUT2D eigenvalue weighted by molar-refractivity contribution is -0.304. The van der Waals surface area contributed by atoms with Crippen LogP contribution in [-0.4, -0.2) is 11.8 Å². The second-order valence-electron chi connectivity index (χ2n) is 6.08. The van der Waals surface area contributed by atoms with Crippen LogP contribution in [0.5, 0.6) is 0 Å². The van der Waals surface area contributed by atoms with Gasteiger partial charge < -0.3 is 9.90 Å². The molecular formula is C18H33O3-. The lowest BCUT2D eigenvalue weighted by Crippen LogP contribution is -2.25. The number of carbonyl (C=O) groups excluding carboxylic acids is 2. The molecule has 0 aromatic heterocycles. The molecule has 0 amide bonds. The maximum absolute atomic E-state index is 11.1. The van der Waals surface area contributed by atoms with Gasteiger partial charge in [0.05, 0.1) is 0 Å². The van der Waals surface area contributed by atoms with E-state index in [-0.39, 0.29) is 5.78 Å². The molecule has 21 heavy (non-hydrogen) atoms. The van der Waals surface area contributed by atoms with E-state index in [2.05, 4.69) is 6.92 Å². The van der Waals surface area contributed by atoms with Crippen molar-refractivity contribution in [3.63, 3.8) is 0 Å². The summed E-state index contributed by atoms with van der Waals surface area (Å²) in [5.74, 6) is -1.45. The molecule has 0 saturated carbocycles. The summed E-state index contributed by atoms with van der Waals surface area (Å²) in [4.78, 5) is 21.3. The molecule has 0 aromatic carbocycles. The first kappa shape index (κ1) is 20.1. The van der Waals surface area contributed by atoms with Gasteiger partial charge in [0.15, 0.2) is 0 Å². The monoisotopic (exact) mass is 297 g/mol. The molecule has 0 spiro atoms. The van der Waals surface area contributed by atoms with Crippen molar-refractivity contribution in [1.29, 1.82) is 0 Å². The average molecular weight is 297 g/mol. The summed E-state index contributed by atoms with van der Waals surface area (Å²) in [7, 11) is 0. The Bertz CT molecular complexity index is 261. The molecule has 3 nitrogen and oxygen atoms in total. The minimum Gasteiger partial charge on any atom is -0.550 e. The van der Waals surface area contributed by atoms with Crippen LogP contribution in [0.2, 0.25) is 0 Å². The van der Waals surface area contributed by atoms with Crippen molar-refractivity contribution in [3.05, 3.63) is 0 Å². The largest absolute Gasteiger partial charge is 0.550 e. The fraction of sp³-hybridized carbons (Fsp3) is 0.889. The Morgan fingerprint density at radius 2 is 1.05 bits per heavy atom. The normalized spacial score (nSPS) is 10.7. The summed E-state index contributed by atoms with van der Waals surface area (Å²) in [6, 6.07) is 0. The smallest absolute Gasteiger partial charge is 0.138 e. The molecule has 0 aliphatic heterocycles. The average Bonchev–Trinajstić information content (AvgIpc) is 2.43. The number of ketones is 1. The van der Waals surface area contributed by atoms with Crippen molar-refractivity contribution in [1.82, 2.24) is 0 Å². The fourth-order valence-electron chi connectivity index (χ4n) is 2.59. The van der Waals surface area contributed by atoms with E-state index in [0.29, 0.717) is 6.42 Å². The van der Waals surface area contributed by atoms with E-state index in [9.17, 15) is 14.7 Å². The van der Waals surface area contributed by atoms with Gasteiger partial charge in [0.1, 0.15) is 5.78 Å². The molecule has 0 rings (SSSR count). The lowest BCUT2D eigenvalue weighted by atomic mass is 10.0. The van der Waals surface area contributed by atoms with Crippen LogP contribution in [0.4, 0.5) is 0 Å². The molecule has 0 heterocycles. The minimum absolute atomic E-state index is 0.196.